The van der Waals surface area contributed by atoms with Crippen molar-refractivity contribution < 1.29 is 4.39 Å². The monoisotopic (exact) mass is 178 g/mol. The van der Waals surface area contributed by atoms with Gasteiger partial charge in [0.1, 0.15) is 5.82 Å². The van der Waals surface area contributed by atoms with Crippen molar-refractivity contribution in [3.8, 4) is 5.82 Å². The summed E-state index contributed by atoms with van der Waals surface area (Å²) in [5.41, 5.74) is 0.705. The second kappa shape index (κ2) is 2.93. The molecule has 2 rings (SSSR count). The molecule has 0 saturated carbocycles. The van der Waals surface area contributed by atoms with Gasteiger partial charge in [0.15, 0.2) is 5.82 Å². The first-order valence-electron chi connectivity index (χ1n) is 3.76. The van der Waals surface area contributed by atoms with Crippen molar-refractivity contribution in [1.29, 1.82) is 0 Å². The van der Waals surface area contributed by atoms with Crippen LogP contribution in [0.2, 0.25) is 0 Å². The molecule has 0 aliphatic carbocycles. The van der Waals surface area contributed by atoms with E-state index in [9.17, 15) is 4.39 Å². The second-order valence-electron chi connectivity index (χ2n) is 2.61. The van der Waals surface area contributed by atoms with E-state index in [1.54, 1.807) is 19.3 Å². The van der Waals surface area contributed by atoms with Gasteiger partial charge < -0.3 is 0 Å². The molecular formula is C8H7FN4. The Labute approximate surface area is 74.0 Å². The first-order valence-corrected chi connectivity index (χ1v) is 3.76. The number of halogens is 1. The molecule has 0 atom stereocenters. The molecule has 5 heteroatoms. The Bertz CT molecular complexity index is 410. The molecule has 0 spiro atoms. The van der Waals surface area contributed by atoms with Gasteiger partial charge in [-0.15, -0.1) is 4.80 Å². The predicted octanol–water partition coefficient (Wildman–Crippen LogP) is 1.11. The third-order valence-corrected chi connectivity index (χ3v) is 1.63. The number of aromatic nitrogens is 4. The van der Waals surface area contributed by atoms with Crippen molar-refractivity contribution in [1.82, 2.24) is 20.0 Å². The normalized spacial score (nSPS) is 10.3. The maximum Gasteiger partial charge on any atom is 0.177 e. The van der Waals surface area contributed by atoms with Crippen LogP contribution in [0.3, 0.4) is 0 Å². The van der Waals surface area contributed by atoms with Gasteiger partial charge in [-0.2, -0.15) is 10.2 Å². The minimum atomic E-state index is -0.353. The van der Waals surface area contributed by atoms with Crippen molar-refractivity contribution in [2.24, 2.45) is 0 Å². The summed E-state index contributed by atoms with van der Waals surface area (Å²) in [6.45, 7) is 1.76. The van der Waals surface area contributed by atoms with Crippen molar-refractivity contribution >= 4 is 0 Å². The third-order valence-electron chi connectivity index (χ3n) is 1.63. The van der Waals surface area contributed by atoms with E-state index >= 15 is 0 Å². The minimum absolute atomic E-state index is 0.353. The zero-order valence-electron chi connectivity index (χ0n) is 6.98. The molecule has 0 aliphatic heterocycles. The van der Waals surface area contributed by atoms with Crippen LogP contribution in [0.1, 0.15) is 5.56 Å². The second-order valence-corrected chi connectivity index (χ2v) is 2.61. The molecule has 0 bridgehead atoms. The molecule has 0 aliphatic rings. The van der Waals surface area contributed by atoms with Gasteiger partial charge in [0.2, 0.25) is 0 Å². The van der Waals surface area contributed by atoms with Gasteiger partial charge in [-0.3, -0.25) is 0 Å². The summed E-state index contributed by atoms with van der Waals surface area (Å²) < 4.78 is 12.7. The molecule has 2 aromatic heterocycles. The molecule has 4 nitrogen and oxygen atoms in total. The fourth-order valence-electron chi connectivity index (χ4n) is 1.07. The topological polar surface area (TPSA) is 43.6 Å². The summed E-state index contributed by atoms with van der Waals surface area (Å²) in [5, 5.41) is 7.80. The number of nitrogens with zero attached hydrogens (tertiary/aromatic N) is 4. The van der Waals surface area contributed by atoms with Crippen molar-refractivity contribution in [2.75, 3.05) is 0 Å². The van der Waals surface area contributed by atoms with Crippen LogP contribution in [-0.4, -0.2) is 20.0 Å². The van der Waals surface area contributed by atoms with Crippen molar-refractivity contribution in [2.45, 2.75) is 6.92 Å². The molecule has 2 aromatic rings. The third kappa shape index (κ3) is 1.40. The lowest BCUT2D eigenvalue weighted by molar-refractivity contribution is 0.614. The summed E-state index contributed by atoms with van der Waals surface area (Å²) in [7, 11) is 0. The van der Waals surface area contributed by atoms with Crippen molar-refractivity contribution in [3.63, 3.8) is 0 Å². The molecule has 0 N–H and O–H groups in total. The number of pyridine rings is 1. The number of hydrogen-bond donors (Lipinski definition) is 0. The lowest BCUT2D eigenvalue weighted by Gasteiger charge is -2.01. The maximum atomic E-state index is 12.7. The van der Waals surface area contributed by atoms with Crippen LogP contribution in [0, 0.1) is 12.7 Å². The van der Waals surface area contributed by atoms with Gasteiger partial charge in [0.05, 0.1) is 18.6 Å². The van der Waals surface area contributed by atoms with E-state index in [0.717, 1.165) is 6.20 Å². The Balaban J connectivity index is 2.53. The average molecular weight is 178 g/mol. The zero-order valence-corrected chi connectivity index (χ0v) is 6.98. The minimum Gasteiger partial charge on any atom is -0.232 e. The molecule has 66 valence electrons. The Morgan fingerprint density at radius 2 is 2.00 bits per heavy atom. The number of aryl methyl sites for hydroxylation is 1. The average Bonchev–Trinajstić information content (AvgIpc) is 2.56. The molecule has 0 amide bonds. The van der Waals surface area contributed by atoms with Gasteiger partial charge in [0.25, 0.3) is 0 Å². The number of rotatable bonds is 1. The Hall–Kier alpha value is -1.78. The molecule has 0 radical (unpaired) electrons. The van der Waals surface area contributed by atoms with Crippen molar-refractivity contribution in [3.05, 3.63) is 36.0 Å². The molecular weight excluding hydrogens is 171 g/mol. The molecule has 0 unspecified atom stereocenters. The fraction of sp³-hybridized carbons (Fsp3) is 0.125. The summed E-state index contributed by atoms with van der Waals surface area (Å²) in [5.74, 6) is 0.194. The first kappa shape index (κ1) is 7.85. The Morgan fingerprint density at radius 3 is 2.62 bits per heavy atom. The van der Waals surface area contributed by atoms with Crippen LogP contribution < -0.4 is 0 Å². The molecule has 0 aromatic carbocycles. The zero-order chi connectivity index (χ0) is 9.26. The van der Waals surface area contributed by atoms with Gasteiger partial charge in [-0.25, -0.2) is 9.37 Å². The lowest BCUT2D eigenvalue weighted by Crippen LogP contribution is -2.04. The highest BCUT2D eigenvalue weighted by Gasteiger charge is 2.04. The number of hydrogen-bond acceptors (Lipinski definition) is 3. The summed E-state index contributed by atoms with van der Waals surface area (Å²) in [4.78, 5) is 5.24. The highest BCUT2D eigenvalue weighted by Crippen LogP contribution is 2.08. The summed E-state index contributed by atoms with van der Waals surface area (Å²) >= 11 is 0. The van der Waals surface area contributed by atoms with E-state index < -0.39 is 0 Å². The standard InChI is InChI=1S/C8H7FN4/c1-6-4-7(9)5-10-8(6)13-11-2-3-12-13/h2-5H,1H3. The van der Waals surface area contributed by atoms with E-state index in [1.165, 1.54) is 10.9 Å². The van der Waals surface area contributed by atoms with E-state index in [1.807, 2.05) is 0 Å². The molecule has 2 heterocycles. The summed E-state index contributed by atoms with van der Waals surface area (Å²) in [6.07, 6.45) is 4.24. The van der Waals surface area contributed by atoms with E-state index in [4.69, 9.17) is 0 Å². The highest BCUT2D eigenvalue weighted by atomic mass is 19.1. The molecule has 0 saturated heterocycles. The van der Waals surface area contributed by atoms with Crippen LogP contribution >= 0.6 is 0 Å². The summed E-state index contributed by atoms with van der Waals surface area (Å²) in [6, 6.07) is 1.39. The SMILES string of the molecule is Cc1cc(F)cnc1-n1nccn1. The molecule has 0 fully saturated rings. The van der Waals surface area contributed by atoms with Crippen LogP contribution in [0.15, 0.2) is 24.7 Å². The Morgan fingerprint density at radius 1 is 1.31 bits per heavy atom. The molecule has 13 heavy (non-hydrogen) atoms. The van der Waals surface area contributed by atoms with Crippen LogP contribution in [0.5, 0.6) is 0 Å². The quantitative estimate of drug-likeness (QED) is 0.657. The lowest BCUT2D eigenvalue weighted by atomic mass is 10.3. The van der Waals surface area contributed by atoms with E-state index in [-0.39, 0.29) is 5.82 Å². The smallest absolute Gasteiger partial charge is 0.177 e. The van der Waals surface area contributed by atoms with Crippen LogP contribution in [-0.2, 0) is 0 Å². The van der Waals surface area contributed by atoms with E-state index in [0.29, 0.717) is 11.4 Å². The largest absolute Gasteiger partial charge is 0.232 e. The van der Waals surface area contributed by atoms with E-state index in [2.05, 4.69) is 15.2 Å². The van der Waals surface area contributed by atoms with Gasteiger partial charge in [0, 0.05) is 0 Å². The van der Waals surface area contributed by atoms with Gasteiger partial charge >= 0.3 is 0 Å². The van der Waals surface area contributed by atoms with Gasteiger partial charge in [-0.1, -0.05) is 0 Å². The highest BCUT2D eigenvalue weighted by molar-refractivity contribution is 5.30. The maximum absolute atomic E-state index is 12.7. The predicted molar refractivity (Wildman–Crippen MR) is 43.8 cm³/mol. The van der Waals surface area contributed by atoms with Crippen LogP contribution in [0.25, 0.3) is 5.82 Å². The van der Waals surface area contributed by atoms with Crippen LogP contribution in [0.4, 0.5) is 4.39 Å². The van der Waals surface area contributed by atoms with Gasteiger partial charge in [-0.05, 0) is 18.6 Å². The fourth-order valence-corrected chi connectivity index (χ4v) is 1.07. The Kier molecular flexibility index (Phi) is 1.77. The first-order chi connectivity index (χ1) is 6.27.